The van der Waals surface area contributed by atoms with Crippen LogP contribution < -0.4 is 9.13 Å². The Morgan fingerprint density at radius 3 is 1.04 bits per heavy atom. The minimum absolute atomic E-state index is 0.347. The van der Waals surface area contributed by atoms with E-state index in [1.807, 2.05) is 0 Å². The van der Waals surface area contributed by atoms with Crippen LogP contribution in [0.2, 0.25) is 0 Å². The van der Waals surface area contributed by atoms with Crippen LogP contribution >= 0.6 is 0 Å². The maximum atomic E-state index is 2.44. The average Bonchev–Trinajstić information content (AvgIpc) is 4.36. The van der Waals surface area contributed by atoms with Crippen molar-refractivity contribution in [2.45, 2.75) is 5.66 Å². The fraction of sp³-hybridized carbons (Fsp3) is 0.0141. The van der Waals surface area contributed by atoms with Crippen molar-refractivity contribution in [3.05, 3.63) is 290 Å². The fourth-order valence-electron chi connectivity index (χ4n) is 13.2. The standard InChI is InChI=1S/C48H30N2.C23H16N2/c1-2-15-37-35(13-1)36-14-3-4-16-38(36)44-29-31(25-26-39(37)44)32-27-33(49-45-21-9-5-17-40(45)41-18-6-10-22-46(41)49)30-34(28-32)50-47-23-11-7-19-42(47)43-20-8-12-24-48(43)50;1-3-11-19-17(9-1)21-13-5-7-15-24(21)23(19)20-12-4-2-10-18(20)22-14-6-8-16-25(22)23/h1-30H;1-16H/q;+2. The van der Waals surface area contributed by atoms with Gasteiger partial charge in [-0.3, -0.25) is 0 Å². The quantitative estimate of drug-likeness (QED) is 0.124. The van der Waals surface area contributed by atoms with Gasteiger partial charge in [0.15, 0.2) is 12.4 Å². The summed E-state index contributed by atoms with van der Waals surface area (Å²) in [7, 11) is 0. The van der Waals surface area contributed by atoms with Gasteiger partial charge in [-0.05, 0) is 128 Å². The van der Waals surface area contributed by atoms with E-state index in [0.717, 1.165) is 11.4 Å². The first kappa shape index (κ1) is 41.7. The number of benzene rings is 11. The molecular formula is C71H46N4+2. The Labute approximate surface area is 433 Å². The summed E-state index contributed by atoms with van der Waals surface area (Å²) in [6.07, 6.45) is 4.42. The molecule has 4 heteroatoms. The number of pyridine rings is 2. The first-order chi connectivity index (χ1) is 37.2. The van der Waals surface area contributed by atoms with Gasteiger partial charge in [0, 0.05) is 57.2 Å². The van der Waals surface area contributed by atoms with E-state index in [9.17, 15) is 0 Å². The molecule has 17 rings (SSSR count). The van der Waals surface area contributed by atoms with E-state index in [1.54, 1.807) is 0 Å². The molecule has 6 heterocycles. The summed E-state index contributed by atoms with van der Waals surface area (Å²) in [5.74, 6) is 0. The first-order valence-electron chi connectivity index (χ1n) is 25.9. The van der Waals surface area contributed by atoms with Gasteiger partial charge in [-0.25, -0.2) is 0 Å². The highest BCUT2D eigenvalue weighted by atomic mass is 15.3. The molecule has 0 bridgehead atoms. The van der Waals surface area contributed by atoms with Gasteiger partial charge in [0.2, 0.25) is 11.4 Å². The number of fused-ring (bicyclic) bond motifs is 22. The lowest BCUT2D eigenvalue weighted by molar-refractivity contribution is -0.955. The number of aromatic nitrogens is 4. The molecule has 4 nitrogen and oxygen atoms in total. The monoisotopic (exact) mass is 954 g/mol. The number of hydrogen-bond acceptors (Lipinski definition) is 0. The Kier molecular flexibility index (Phi) is 8.92. The van der Waals surface area contributed by atoms with Gasteiger partial charge in [-0.1, -0.05) is 158 Å². The van der Waals surface area contributed by atoms with Crippen molar-refractivity contribution < 1.29 is 9.13 Å². The number of nitrogens with zero attached hydrogens (tertiary/aromatic N) is 4. The zero-order chi connectivity index (χ0) is 49.2. The molecule has 0 saturated carbocycles. The minimum Gasteiger partial charge on any atom is -0.309 e. The lowest BCUT2D eigenvalue weighted by Gasteiger charge is -2.17. The molecule has 75 heavy (non-hydrogen) atoms. The SMILES string of the molecule is c1ccc2c(c1)-c1cccc[n+]1C21c2ccccc2-c2cccc[n+]21.c1ccc2c(c1)c1ccccc1c1cc(-c3cc(-n4c5ccccc5c5ccccc54)cc(-n4c5ccccc5c5ccccc54)c3)ccc21. The molecule has 4 aromatic heterocycles. The van der Waals surface area contributed by atoms with Crippen LogP contribution in [0, 0.1) is 0 Å². The fourth-order valence-corrected chi connectivity index (χ4v) is 13.2. The number of hydrogen-bond donors (Lipinski definition) is 0. The highest BCUT2D eigenvalue weighted by Crippen LogP contribution is 2.47. The van der Waals surface area contributed by atoms with Gasteiger partial charge in [0.1, 0.15) is 11.1 Å². The van der Waals surface area contributed by atoms with Crippen molar-refractivity contribution in [3.63, 3.8) is 0 Å². The van der Waals surface area contributed by atoms with Gasteiger partial charge < -0.3 is 9.13 Å². The predicted molar refractivity (Wildman–Crippen MR) is 309 cm³/mol. The Morgan fingerprint density at radius 1 is 0.253 bits per heavy atom. The Morgan fingerprint density at radius 2 is 0.600 bits per heavy atom. The first-order valence-corrected chi connectivity index (χ1v) is 25.9. The molecule has 0 radical (unpaired) electrons. The van der Waals surface area contributed by atoms with Crippen molar-refractivity contribution in [2.24, 2.45) is 0 Å². The van der Waals surface area contributed by atoms with Crippen LogP contribution in [0.15, 0.2) is 279 Å². The zero-order valence-electron chi connectivity index (χ0n) is 40.8. The maximum absolute atomic E-state index is 2.44. The topological polar surface area (TPSA) is 17.6 Å². The van der Waals surface area contributed by atoms with Crippen molar-refractivity contribution in [3.8, 4) is 45.0 Å². The second kappa shape index (κ2) is 16.1. The third-order valence-electron chi connectivity index (χ3n) is 16.2. The largest absolute Gasteiger partial charge is 0.417 e. The molecule has 348 valence electrons. The average molecular weight is 955 g/mol. The molecule has 0 fully saturated rings. The molecule has 1 spiro atoms. The summed E-state index contributed by atoms with van der Waals surface area (Å²) in [4.78, 5) is 0. The molecule has 11 aromatic carbocycles. The molecule has 0 aliphatic carbocycles. The Balaban J connectivity index is 0.000000159. The second-order valence-corrected chi connectivity index (χ2v) is 20.0. The predicted octanol–water partition coefficient (Wildman–Crippen LogP) is 16.5. The minimum atomic E-state index is -0.347. The van der Waals surface area contributed by atoms with E-state index < -0.39 is 0 Å². The summed E-state index contributed by atoms with van der Waals surface area (Å²) in [5.41, 5.74) is 16.9. The number of rotatable bonds is 3. The molecule has 0 N–H and O–H groups in total. The highest BCUT2D eigenvalue weighted by Gasteiger charge is 2.66. The normalized spacial score (nSPS) is 12.9. The van der Waals surface area contributed by atoms with E-state index in [-0.39, 0.29) is 5.66 Å². The molecule has 0 unspecified atom stereocenters. The third kappa shape index (κ3) is 5.88. The lowest BCUT2D eigenvalue weighted by Crippen LogP contribution is -2.71. The molecule has 0 saturated heterocycles. The van der Waals surface area contributed by atoms with Crippen molar-refractivity contribution >= 4 is 75.9 Å². The second-order valence-electron chi connectivity index (χ2n) is 20.0. The summed E-state index contributed by atoms with van der Waals surface area (Å²) in [5, 5.41) is 12.8. The van der Waals surface area contributed by atoms with Gasteiger partial charge in [0.05, 0.1) is 33.2 Å². The van der Waals surface area contributed by atoms with E-state index in [2.05, 4.69) is 298 Å². The van der Waals surface area contributed by atoms with Gasteiger partial charge in [0.25, 0.3) is 0 Å². The van der Waals surface area contributed by atoms with Crippen molar-refractivity contribution in [1.29, 1.82) is 0 Å². The molecule has 0 amide bonds. The summed E-state index contributed by atoms with van der Waals surface area (Å²) in [6.45, 7) is 0. The molecular weight excluding hydrogens is 909 g/mol. The summed E-state index contributed by atoms with van der Waals surface area (Å²) in [6, 6.07) is 97.4. The molecule has 15 aromatic rings. The zero-order valence-corrected chi connectivity index (χ0v) is 40.8. The molecule has 0 atom stereocenters. The van der Waals surface area contributed by atoms with Crippen LogP contribution in [-0.4, -0.2) is 9.13 Å². The van der Waals surface area contributed by atoms with Crippen LogP contribution in [-0.2, 0) is 5.66 Å². The van der Waals surface area contributed by atoms with Gasteiger partial charge >= 0.3 is 5.66 Å². The summed E-state index contributed by atoms with van der Waals surface area (Å²) < 4.78 is 9.73. The third-order valence-corrected chi connectivity index (χ3v) is 16.2. The van der Waals surface area contributed by atoms with Crippen molar-refractivity contribution in [2.75, 3.05) is 0 Å². The Hall–Kier alpha value is -9.90. The van der Waals surface area contributed by atoms with E-state index in [4.69, 9.17) is 0 Å². The van der Waals surface area contributed by atoms with Crippen LogP contribution in [0.4, 0.5) is 0 Å². The van der Waals surface area contributed by atoms with Crippen LogP contribution in [0.1, 0.15) is 11.1 Å². The smallest absolute Gasteiger partial charge is 0.309 e. The maximum Gasteiger partial charge on any atom is 0.417 e. The lowest BCUT2D eigenvalue weighted by atomic mass is 9.90. The van der Waals surface area contributed by atoms with Gasteiger partial charge in [-0.2, -0.15) is 0 Å². The summed E-state index contributed by atoms with van der Waals surface area (Å²) >= 11 is 0. The molecule has 2 aliphatic heterocycles. The highest BCUT2D eigenvalue weighted by molar-refractivity contribution is 6.26. The molecule has 2 aliphatic rings. The van der Waals surface area contributed by atoms with Crippen LogP contribution in [0.5, 0.6) is 0 Å². The van der Waals surface area contributed by atoms with Crippen LogP contribution in [0.25, 0.3) is 121 Å². The van der Waals surface area contributed by atoms with Gasteiger partial charge in [-0.15, -0.1) is 9.13 Å². The Bertz CT molecular complexity index is 4400. The van der Waals surface area contributed by atoms with E-state index >= 15 is 0 Å². The van der Waals surface area contributed by atoms with Crippen molar-refractivity contribution in [1.82, 2.24) is 9.13 Å². The van der Waals surface area contributed by atoms with E-state index in [0.29, 0.717) is 0 Å². The number of para-hydroxylation sites is 4. The van der Waals surface area contributed by atoms with E-state index in [1.165, 1.54) is 121 Å². The van der Waals surface area contributed by atoms with Crippen LogP contribution in [0.3, 0.4) is 0 Å².